The average molecular weight is 293 g/mol. The molecule has 0 aliphatic heterocycles. The van der Waals surface area contributed by atoms with Gasteiger partial charge in [-0.25, -0.2) is 0 Å². The van der Waals surface area contributed by atoms with Crippen LogP contribution in [-0.2, 0) is 12.7 Å². The largest absolute Gasteiger partial charge is 0.416 e. The van der Waals surface area contributed by atoms with Crippen LogP contribution in [0.1, 0.15) is 25.0 Å². The maximum absolute atomic E-state index is 12.8. The first kappa shape index (κ1) is 15.6. The van der Waals surface area contributed by atoms with Crippen LogP contribution in [0.15, 0.2) is 48.5 Å². The smallest absolute Gasteiger partial charge is 0.310 e. The maximum Gasteiger partial charge on any atom is 0.416 e. The van der Waals surface area contributed by atoms with E-state index in [1.54, 1.807) is 6.07 Å². The highest BCUT2D eigenvalue weighted by Crippen LogP contribution is 2.32. The number of rotatable bonds is 4. The molecule has 0 spiro atoms. The van der Waals surface area contributed by atoms with Gasteiger partial charge < -0.3 is 5.32 Å². The molecule has 1 nitrogen and oxygen atoms in total. The summed E-state index contributed by atoms with van der Waals surface area (Å²) in [6.07, 6.45) is -4.31. The summed E-state index contributed by atoms with van der Waals surface area (Å²) >= 11 is 0. The highest BCUT2D eigenvalue weighted by molar-refractivity contribution is 5.65. The van der Waals surface area contributed by atoms with Crippen molar-refractivity contribution in [3.63, 3.8) is 0 Å². The molecule has 4 heteroatoms. The van der Waals surface area contributed by atoms with Crippen LogP contribution in [0.4, 0.5) is 13.2 Å². The average Bonchev–Trinajstić information content (AvgIpc) is 2.45. The minimum absolute atomic E-state index is 0.363. The zero-order chi connectivity index (χ0) is 15.5. The number of nitrogens with one attached hydrogen (secondary N) is 1. The van der Waals surface area contributed by atoms with Crippen molar-refractivity contribution in [2.75, 3.05) is 0 Å². The molecule has 0 heterocycles. The van der Waals surface area contributed by atoms with E-state index in [1.165, 1.54) is 12.1 Å². The fourth-order valence-corrected chi connectivity index (χ4v) is 2.06. The van der Waals surface area contributed by atoms with Crippen molar-refractivity contribution in [2.24, 2.45) is 0 Å². The van der Waals surface area contributed by atoms with Crippen molar-refractivity contribution in [3.05, 3.63) is 59.7 Å². The van der Waals surface area contributed by atoms with E-state index in [4.69, 9.17) is 0 Å². The van der Waals surface area contributed by atoms with Crippen LogP contribution in [0.25, 0.3) is 11.1 Å². The standard InChI is InChI=1S/C17H18F3N/c1-12(2)21-11-13-5-3-6-14(9-13)15-7-4-8-16(10-15)17(18,19)20/h3-10,12,21H,11H2,1-2H3. The molecule has 2 rings (SSSR count). The molecule has 1 N–H and O–H groups in total. The predicted octanol–water partition coefficient (Wildman–Crippen LogP) is 4.87. The first-order valence-electron chi connectivity index (χ1n) is 6.86. The Balaban J connectivity index is 2.28. The van der Waals surface area contributed by atoms with Gasteiger partial charge in [-0.3, -0.25) is 0 Å². The Morgan fingerprint density at radius 3 is 2.19 bits per heavy atom. The molecule has 0 unspecified atom stereocenters. The molecule has 0 atom stereocenters. The molecule has 0 aliphatic carbocycles. The normalized spacial score (nSPS) is 11.9. The van der Waals surface area contributed by atoms with Crippen molar-refractivity contribution in [1.29, 1.82) is 0 Å². The number of alkyl halides is 3. The molecule has 0 aliphatic rings. The Hall–Kier alpha value is -1.81. The molecular weight excluding hydrogens is 275 g/mol. The fraction of sp³-hybridized carbons (Fsp3) is 0.294. The monoisotopic (exact) mass is 293 g/mol. The van der Waals surface area contributed by atoms with E-state index in [9.17, 15) is 13.2 Å². The number of hydrogen-bond donors (Lipinski definition) is 1. The second kappa shape index (κ2) is 6.31. The van der Waals surface area contributed by atoms with E-state index < -0.39 is 11.7 Å². The lowest BCUT2D eigenvalue weighted by Gasteiger charge is -2.11. The SMILES string of the molecule is CC(C)NCc1cccc(-c2cccc(C(F)(F)F)c2)c1. The third-order valence-electron chi connectivity index (χ3n) is 3.16. The first-order chi connectivity index (χ1) is 9.86. The molecule has 0 saturated heterocycles. The van der Waals surface area contributed by atoms with E-state index in [-0.39, 0.29) is 0 Å². The zero-order valence-electron chi connectivity index (χ0n) is 12.0. The minimum Gasteiger partial charge on any atom is -0.310 e. The number of hydrogen-bond acceptors (Lipinski definition) is 1. The molecule has 0 radical (unpaired) electrons. The van der Waals surface area contributed by atoms with Crippen molar-refractivity contribution in [1.82, 2.24) is 5.32 Å². The summed E-state index contributed by atoms with van der Waals surface area (Å²) in [4.78, 5) is 0. The quantitative estimate of drug-likeness (QED) is 0.848. The number of halogens is 3. The molecule has 0 saturated carbocycles. The minimum atomic E-state index is -4.31. The first-order valence-corrected chi connectivity index (χ1v) is 6.86. The van der Waals surface area contributed by atoms with Gasteiger partial charge in [-0.15, -0.1) is 0 Å². The fourth-order valence-electron chi connectivity index (χ4n) is 2.06. The molecule has 0 bridgehead atoms. The van der Waals surface area contributed by atoms with E-state index in [0.717, 1.165) is 17.2 Å². The van der Waals surface area contributed by atoms with Gasteiger partial charge in [-0.05, 0) is 34.9 Å². The highest BCUT2D eigenvalue weighted by atomic mass is 19.4. The lowest BCUT2D eigenvalue weighted by Crippen LogP contribution is -2.21. The van der Waals surface area contributed by atoms with Gasteiger partial charge in [-0.1, -0.05) is 44.2 Å². The van der Waals surface area contributed by atoms with Gasteiger partial charge in [0, 0.05) is 12.6 Å². The Labute approximate surface area is 122 Å². The van der Waals surface area contributed by atoms with Crippen LogP contribution >= 0.6 is 0 Å². The zero-order valence-corrected chi connectivity index (χ0v) is 12.0. The van der Waals surface area contributed by atoms with E-state index in [2.05, 4.69) is 19.2 Å². The van der Waals surface area contributed by atoms with Gasteiger partial charge in [0.05, 0.1) is 5.56 Å². The van der Waals surface area contributed by atoms with Crippen LogP contribution in [0.3, 0.4) is 0 Å². The summed E-state index contributed by atoms with van der Waals surface area (Å²) < 4.78 is 38.3. The van der Waals surface area contributed by atoms with Crippen LogP contribution in [0.5, 0.6) is 0 Å². The summed E-state index contributed by atoms with van der Waals surface area (Å²) in [6, 6.07) is 13.4. The molecule has 21 heavy (non-hydrogen) atoms. The van der Waals surface area contributed by atoms with Crippen molar-refractivity contribution >= 4 is 0 Å². The summed E-state index contributed by atoms with van der Waals surface area (Å²) in [5, 5.41) is 3.30. The lowest BCUT2D eigenvalue weighted by molar-refractivity contribution is -0.137. The van der Waals surface area contributed by atoms with Crippen LogP contribution < -0.4 is 5.32 Å². The van der Waals surface area contributed by atoms with Gasteiger partial charge in [0.2, 0.25) is 0 Å². The van der Waals surface area contributed by atoms with Gasteiger partial charge >= 0.3 is 6.18 Å². The van der Waals surface area contributed by atoms with Gasteiger partial charge in [0.25, 0.3) is 0 Å². The van der Waals surface area contributed by atoms with E-state index in [0.29, 0.717) is 18.2 Å². The van der Waals surface area contributed by atoms with Crippen molar-refractivity contribution in [2.45, 2.75) is 32.6 Å². The molecule has 112 valence electrons. The Morgan fingerprint density at radius 1 is 0.952 bits per heavy atom. The van der Waals surface area contributed by atoms with E-state index in [1.807, 2.05) is 24.3 Å². The van der Waals surface area contributed by atoms with Crippen molar-refractivity contribution < 1.29 is 13.2 Å². The Bertz CT molecular complexity index is 603. The summed E-state index contributed by atoms with van der Waals surface area (Å²) in [5.74, 6) is 0. The summed E-state index contributed by atoms with van der Waals surface area (Å²) in [7, 11) is 0. The van der Waals surface area contributed by atoms with Gasteiger partial charge in [0.15, 0.2) is 0 Å². The molecule has 0 aromatic heterocycles. The maximum atomic E-state index is 12.8. The lowest BCUT2D eigenvalue weighted by atomic mass is 10.0. The topological polar surface area (TPSA) is 12.0 Å². The van der Waals surface area contributed by atoms with Crippen LogP contribution in [0.2, 0.25) is 0 Å². The second-order valence-corrected chi connectivity index (χ2v) is 5.31. The molecule has 0 fully saturated rings. The molecule has 0 amide bonds. The Kier molecular flexibility index (Phi) is 4.68. The van der Waals surface area contributed by atoms with Crippen molar-refractivity contribution in [3.8, 4) is 11.1 Å². The Morgan fingerprint density at radius 2 is 1.57 bits per heavy atom. The highest BCUT2D eigenvalue weighted by Gasteiger charge is 2.30. The molecule has 2 aromatic carbocycles. The van der Waals surface area contributed by atoms with Crippen LogP contribution in [0, 0.1) is 0 Å². The predicted molar refractivity (Wildman–Crippen MR) is 78.9 cm³/mol. The van der Waals surface area contributed by atoms with Crippen LogP contribution in [-0.4, -0.2) is 6.04 Å². The third kappa shape index (κ3) is 4.33. The summed E-state index contributed by atoms with van der Waals surface area (Å²) in [5.41, 5.74) is 1.81. The van der Waals surface area contributed by atoms with Gasteiger partial charge in [-0.2, -0.15) is 13.2 Å². The second-order valence-electron chi connectivity index (χ2n) is 5.31. The van der Waals surface area contributed by atoms with E-state index >= 15 is 0 Å². The van der Waals surface area contributed by atoms with Gasteiger partial charge in [0.1, 0.15) is 0 Å². The number of benzene rings is 2. The third-order valence-corrected chi connectivity index (χ3v) is 3.16. The molecular formula is C17H18F3N. The summed E-state index contributed by atoms with van der Waals surface area (Å²) in [6.45, 7) is 4.80. The molecule has 2 aromatic rings.